The zero-order valence-electron chi connectivity index (χ0n) is 12.2. The molecular weight excluding hydrogens is 248 g/mol. The monoisotopic (exact) mass is 273 g/mol. The number of rotatable bonds is 2. The van der Waals surface area contributed by atoms with E-state index in [9.17, 15) is 4.79 Å². The van der Waals surface area contributed by atoms with Crippen LogP contribution in [0, 0.1) is 0 Å². The molecule has 0 aliphatic carbocycles. The van der Waals surface area contributed by atoms with Crippen molar-refractivity contribution >= 4 is 5.91 Å². The summed E-state index contributed by atoms with van der Waals surface area (Å²) in [6.07, 6.45) is 6.54. The van der Waals surface area contributed by atoms with Crippen molar-refractivity contribution in [3.05, 3.63) is 35.9 Å². The summed E-state index contributed by atoms with van der Waals surface area (Å²) >= 11 is 0. The molecule has 0 aromatic heterocycles. The largest absolute Gasteiger partial charge is 0.338 e. The summed E-state index contributed by atoms with van der Waals surface area (Å²) in [5.74, 6) is 0.206. The van der Waals surface area contributed by atoms with Crippen LogP contribution in [0.5, 0.6) is 0 Å². The number of piperidine rings is 2. The lowest BCUT2D eigenvalue weighted by atomic mass is 9.99. The summed E-state index contributed by atoms with van der Waals surface area (Å²) in [6, 6.07) is 10.5. The Balaban J connectivity index is 1.54. The lowest BCUT2D eigenvalue weighted by Gasteiger charge is -2.37. The van der Waals surface area contributed by atoms with Gasteiger partial charge in [0, 0.05) is 31.5 Å². The molecule has 3 rings (SSSR count). The molecule has 108 valence electrons. The zero-order valence-corrected chi connectivity index (χ0v) is 12.2. The Bertz CT molecular complexity index is 432. The average Bonchev–Trinajstić information content (AvgIpc) is 2.56. The normalized spacial score (nSPS) is 21.9. The Morgan fingerprint density at radius 3 is 2.30 bits per heavy atom. The molecule has 2 heterocycles. The maximum absolute atomic E-state index is 12.4. The smallest absolute Gasteiger partial charge is 0.253 e. The lowest BCUT2D eigenvalue weighted by molar-refractivity contribution is -0.931. The van der Waals surface area contributed by atoms with Crippen molar-refractivity contribution < 1.29 is 9.69 Å². The van der Waals surface area contributed by atoms with Crippen molar-refractivity contribution in [2.24, 2.45) is 0 Å². The van der Waals surface area contributed by atoms with E-state index in [-0.39, 0.29) is 5.91 Å². The van der Waals surface area contributed by atoms with Gasteiger partial charge in [-0.1, -0.05) is 18.2 Å². The molecule has 0 spiro atoms. The van der Waals surface area contributed by atoms with Crippen molar-refractivity contribution in [2.45, 2.75) is 38.1 Å². The minimum absolute atomic E-state index is 0.206. The van der Waals surface area contributed by atoms with Crippen molar-refractivity contribution in [1.29, 1.82) is 0 Å². The molecule has 0 atom stereocenters. The number of amides is 1. The van der Waals surface area contributed by atoms with Crippen LogP contribution < -0.4 is 4.90 Å². The van der Waals surface area contributed by atoms with Crippen molar-refractivity contribution in [3.8, 4) is 0 Å². The number of quaternary nitrogens is 1. The Morgan fingerprint density at radius 2 is 1.65 bits per heavy atom. The minimum Gasteiger partial charge on any atom is -0.338 e. The quantitative estimate of drug-likeness (QED) is 0.864. The van der Waals surface area contributed by atoms with Crippen LogP contribution in [0.4, 0.5) is 0 Å². The van der Waals surface area contributed by atoms with E-state index in [1.165, 1.54) is 45.2 Å². The molecule has 20 heavy (non-hydrogen) atoms. The van der Waals surface area contributed by atoms with Crippen LogP contribution in [-0.4, -0.2) is 43.0 Å². The van der Waals surface area contributed by atoms with E-state index in [0.717, 1.165) is 24.7 Å². The molecule has 0 radical (unpaired) electrons. The van der Waals surface area contributed by atoms with Gasteiger partial charge in [-0.15, -0.1) is 0 Å². The highest BCUT2D eigenvalue weighted by Gasteiger charge is 2.30. The van der Waals surface area contributed by atoms with E-state index >= 15 is 0 Å². The van der Waals surface area contributed by atoms with Crippen LogP contribution in [0.2, 0.25) is 0 Å². The topological polar surface area (TPSA) is 24.8 Å². The molecule has 0 saturated carbocycles. The highest BCUT2D eigenvalue weighted by molar-refractivity contribution is 5.94. The summed E-state index contributed by atoms with van der Waals surface area (Å²) in [5, 5.41) is 0. The van der Waals surface area contributed by atoms with Gasteiger partial charge >= 0.3 is 0 Å². The van der Waals surface area contributed by atoms with E-state index in [2.05, 4.69) is 0 Å². The van der Waals surface area contributed by atoms with Crippen molar-refractivity contribution in [3.63, 3.8) is 0 Å². The third-order valence-electron chi connectivity index (χ3n) is 4.88. The molecule has 3 heteroatoms. The van der Waals surface area contributed by atoms with Crippen LogP contribution in [0.3, 0.4) is 0 Å². The van der Waals surface area contributed by atoms with E-state index in [1.807, 2.05) is 35.2 Å². The highest BCUT2D eigenvalue weighted by atomic mass is 16.2. The summed E-state index contributed by atoms with van der Waals surface area (Å²) in [7, 11) is 0. The standard InChI is InChI=1S/C17H24N2O/c20-17(15-7-3-1-4-8-15)19-13-9-16(10-14-19)18-11-5-2-6-12-18/h1,3-4,7-8,16H,2,5-6,9-14H2/p+1. The van der Waals surface area contributed by atoms with Crippen molar-refractivity contribution in [2.75, 3.05) is 26.2 Å². The molecule has 0 unspecified atom stereocenters. The summed E-state index contributed by atoms with van der Waals surface area (Å²) in [4.78, 5) is 16.2. The number of benzene rings is 1. The Labute approximate surface area is 121 Å². The van der Waals surface area contributed by atoms with Crippen molar-refractivity contribution in [1.82, 2.24) is 4.90 Å². The first-order valence-electron chi connectivity index (χ1n) is 8.03. The maximum Gasteiger partial charge on any atom is 0.253 e. The zero-order chi connectivity index (χ0) is 13.8. The number of likely N-dealkylation sites (tertiary alicyclic amines) is 2. The van der Waals surface area contributed by atoms with E-state index in [1.54, 1.807) is 4.90 Å². The summed E-state index contributed by atoms with van der Waals surface area (Å²) in [5.41, 5.74) is 0.830. The van der Waals surface area contributed by atoms with Gasteiger partial charge in [0.25, 0.3) is 5.91 Å². The molecule has 1 aromatic carbocycles. The minimum atomic E-state index is 0.206. The first-order valence-corrected chi connectivity index (χ1v) is 8.03. The average molecular weight is 273 g/mol. The van der Waals surface area contributed by atoms with Crippen LogP contribution in [-0.2, 0) is 0 Å². The SMILES string of the molecule is O=C(c1ccccc1)N1CCC([NH+]2CCCCC2)CC1. The van der Waals surface area contributed by atoms with Gasteiger partial charge in [0.05, 0.1) is 19.1 Å². The second-order valence-electron chi connectivity index (χ2n) is 6.15. The number of nitrogens with one attached hydrogen (secondary N) is 1. The lowest BCUT2D eigenvalue weighted by Crippen LogP contribution is -3.16. The molecule has 0 bridgehead atoms. The van der Waals surface area contributed by atoms with Gasteiger partial charge in [-0.3, -0.25) is 4.79 Å². The maximum atomic E-state index is 12.4. The van der Waals surface area contributed by atoms with Gasteiger partial charge in [-0.25, -0.2) is 0 Å². The van der Waals surface area contributed by atoms with Crippen LogP contribution in [0.1, 0.15) is 42.5 Å². The fourth-order valence-corrected chi connectivity index (χ4v) is 3.67. The van der Waals surface area contributed by atoms with E-state index in [4.69, 9.17) is 0 Å². The van der Waals surface area contributed by atoms with Crippen LogP contribution in [0.15, 0.2) is 30.3 Å². The highest BCUT2D eigenvalue weighted by Crippen LogP contribution is 2.13. The molecule has 1 N–H and O–H groups in total. The molecule has 1 aromatic rings. The summed E-state index contributed by atoms with van der Waals surface area (Å²) < 4.78 is 0. The fraction of sp³-hybridized carbons (Fsp3) is 0.588. The van der Waals surface area contributed by atoms with Crippen LogP contribution in [0.25, 0.3) is 0 Å². The number of carbonyl (C=O) groups excluding carboxylic acids is 1. The van der Waals surface area contributed by atoms with E-state index < -0.39 is 0 Å². The van der Waals surface area contributed by atoms with Gasteiger partial charge in [-0.05, 0) is 31.4 Å². The molecule has 2 aliphatic heterocycles. The Hall–Kier alpha value is -1.35. The molecule has 2 saturated heterocycles. The number of carbonyl (C=O) groups is 1. The third kappa shape index (κ3) is 3.04. The fourth-order valence-electron chi connectivity index (χ4n) is 3.67. The first kappa shape index (κ1) is 13.6. The van der Waals surface area contributed by atoms with Gasteiger partial charge in [0.15, 0.2) is 0 Å². The molecule has 2 fully saturated rings. The molecule has 3 nitrogen and oxygen atoms in total. The van der Waals surface area contributed by atoms with Crippen LogP contribution >= 0.6 is 0 Å². The van der Waals surface area contributed by atoms with Gasteiger partial charge < -0.3 is 9.80 Å². The predicted octanol–water partition coefficient (Wildman–Crippen LogP) is 1.36. The van der Waals surface area contributed by atoms with Gasteiger partial charge in [0.1, 0.15) is 0 Å². The molecule has 1 amide bonds. The Morgan fingerprint density at radius 1 is 1.00 bits per heavy atom. The van der Waals surface area contributed by atoms with Gasteiger partial charge in [0.2, 0.25) is 0 Å². The Kier molecular flexibility index (Phi) is 4.36. The van der Waals surface area contributed by atoms with Gasteiger partial charge in [-0.2, -0.15) is 0 Å². The first-order chi connectivity index (χ1) is 9.84. The molecular formula is C17H25N2O+. The van der Waals surface area contributed by atoms with E-state index in [0.29, 0.717) is 0 Å². The second kappa shape index (κ2) is 6.40. The number of hydrogen-bond acceptors (Lipinski definition) is 1. The predicted molar refractivity (Wildman–Crippen MR) is 79.9 cm³/mol. The number of hydrogen-bond donors (Lipinski definition) is 1. The summed E-state index contributed by atoms with van der Waals surface area (Å²) in [6.45, 7) is 4.55. The molecule has 2 aliphatic rings. The number of nitrogens with zero attached hydrogens (tertiary/aromatic N) is 1. The third-order valence-corrected chi connectivity index (χ3v) is 4.88. The second-order valence-corrected chi connectivity index (χ2v) is 6.15.